The fraction of sp³-hybridized carbons (Fsp3) is 0.286. The van der Waals surface area contributed by atoms with E-state index in [1.807, 2.05) is 26.0 Å². The van der Waals surface area contributed by atoms with Crippen molar-refractivity contribution in [2.24, 2.45) is 0 Å². The molecule has 148 valence electrons. The Bertz CT molecular complexity index is 1160. The molecule has 3 aromatic rings. The first-order chi connectivity index (χ1) is 13.2. The summed E-state index contributed by atoms with van der Waals surface area (Å²) in [6.45, 7) is 7.88. The van der Waals surface area contributed by atoms with Crippen molar-refractivity contribution in [1.29, 1.82) is 0 Å². The summed E-state index contributed by atoms with van der Waals surface area (Å²) >= 11 is 0. The van der Waals surface area contributed by atoms with Gasteiger partial charge in [-0.2, -0.15) is 0 Å². The number of benzene rings is 2. The van der Waals surface area contributed by atoms with Crippen molar-refractivity contribution in [2.75, 3.05) is 5.32 Å². The third-order valence-electron chi connectivity index (χ3n) is 4.56. The summed E-state index contributed by atoms with van der Waals surface area (Å²) in [4.78, 5) is 12.2. The van der Waals surface area contributed by atoms with Crippen LogP contribution < -0.4 is 15.7 Å². The predicted molar refractivity (Wildman–Crippen MR) is 111 cm³/mol. The quantitative estimate of drug-likeness (QED) is 0.616. The number of aryl methyl sites for hydroxylation is 2. The van der Waals surface area contributed by atoms with Crippen LogP contribution in [0.5, 0.6) is 0 Å². The van der Waals surface area contributed by atoms with Crippen LogP contribution in [0.3, 0.4) is 0 Å². The average Bonchev–Trinajstić information content (AvgIpc) is 2.62. The number of sulfonamides is 1. The van der Waals surface area contributed by atoms with Crippen molar-refractivity contribution < 1.29 is 12.8 Å². The molecule has 7 heteroatoms. The summed E-state index contributed by atoms with van der Waals surface area (Å²) in [5.74, 6) is 0. The van der Waals surface area contributed by atoms with Gasteiger partial charge in [0.15, 0.2) is 0 Å². The van der Waals surface area contributed by atoms with Crippen LogP contribution in [0.1, 0.15) is 30.5 Å². The molecule has 0 fully saturated rings. The van der Waals surface area contributed by atoms with Crippen LogP contribution >= 0.6 is 0 Å². The molecule has 0 aliphatic heterocycles. The number of fused-ring (bicyclic) bond motifs is 1. The molecular formula is C21H24N2O4S. The second kappa shape index (κ2) is 7.77. The monoisotopic (exact) mass is 400 g/mol. The Balaban J connectivity index is 1.83. The van der Waals surface area contributed by atoms with Crippen molar-refractivity contribution in [2.45, 2.75) is 45.2 Å². The van der Waals surface area contributed by atoms with Crippen LogP contribution in [0.25, 0.3) is 11.0 Å². The van der Waals surface area contributed by atoms with Gasteiger partial charge in [0, 0.05) is 29.7 Å². The second-order valence-corrected chi connectivity index (χ2v) is 8.84. The number of hydrogen-bond donors (Lipinski definition) is 2. The lowest BCUT2D eigenvalue weighted by Gasteiger charge is -2.12. The minimum atomic E-state index is -3.52. The highest BCUT2D eigenvalue weighted by Crippen LogP contribution is 2.24. The molecule has 0 radical (unpaired) electrons. The molecule has 6 nitrogen and oxygen atoms in total. The van der Waals surface area contributed by atoms with E-state index < -0.39 is 10.0 Å². The average molecular weight is 401 g/mol. The maximum atomic E-state index is 12.2. The van der Waals surface area contributed by atoms with Gasteiger partial charge < -0.3 is 9.73 Å². The molecule has 0 spiro atoms. The highest BCUT2D eigenvalue weighted by atomic mass is 32.2. The molecule has 2 aromatic carbocycles. The third kappa shape index (κ3) is 4.26. The first-order valence-corrected chi connectivity index (χ1v) is 10.5. The molecule has 1 heterocycles. The molecule has 3 rings (SSSR count). The molecule has 0 saturated heterocycles. The van der Waals surface area contributed by atoms with E-state index in [0.717, 1.165) is 27.8 Å². The van der Waals surface area contributed by atoms with Gasteiger partial charge >= 0.3 is 5.63 Å². The van der Waals surface area contributed by atoms with E-state index >= 15 is 0 Å². The van der Waals surface area contributed by atoms with Crippen molar-refractivity contribution in [3.05, 3.63) is 69.6 Å². The Kier molecular flexibility index (Phi) is 5.58. The Morgan fingerprint density at radius 1 is 1.04 bits per heavy atom. The number of hydrogen-bond acceptors (Lipinski definition) is 5. The van der Waals surface area contributed by atoms with Gasteiger partial charge in [0.2, 0.25) is 10.0 Å². The second-order valence-electron chi connectivity index (χ2n) is 7.13. The highest BCUT2D eigenvalue weighted by molar-refractivity contribution is 7.89. The van der Waals surface area contributed by atoms with E-state index in [9.17, 15) is 13.2 Å². The molecular weight excluding hydrogens is 376 g/mol. The molecule has 0 saturated carbocycles. The molecule has 0 atom stereocenters. The van der Waals surface area contributed by atoms with Gasteiger partial charge in [-0.3, -0.25) is 0 Å². The van der Waals surface area contributed by atoms with Crippen LogP contribution in [0, 0.1) is 13.8 Å². The van der Waals surface area contributed by atoms with Gasteiger partial charge in [0.25, 0.3) is 0 Å². The van der Waals surface area contributed by atoms with Crippen molar-refractivity contribution >= 4 is 26.7 Å². The Labute approximate surface area is 164 Å². The standard InChI is InChI=1S/C21H24N2O4S/c1-13(2)23-28(25,26)18-8-6-17(7-9-18)22-12-16-11-20(24)27-21-15(4)14(3)5-10-19(16)21/h5-11,13,22-23H,12H2,1-4H3. The van der Waals surface area contributed by atoms with E-state index in [4.69, 9.17) is 4.42 Å². The largest absolute Gasteiger partial charge is 0.422 e. The van der Waals surface area contributed by atoms with Crippen LogP contribution in [0.2, 0.25) is 0 Å². The van der Waals surface area contributed by atoms with Gasteiger partial charge in [-0.05, 0) is 68.7 Å². The topological polar surface area (TPSA) is 88.4 Å². The molecule has 0 amide bonds. The van der Waals surface area contributed by atoms with Crippen molar-refractivity contribution in [3.63, 3.8) is 0 Å². The summed E-state index contributed by atoms with van der Waals surface area (Å²) in [5.41, 5.74) is 3.81. The number of nitrogens with one attached hydrogen (secondary N) is 2. The number of rotatable bonds is 6. The van der Waals surface area contributed by atoms with E-state index in [1.165, 1.54) is 6.07 Å². The van der Waals surface area contributed by atoms with Crippen LogP contribution in [-0.2, 0) is 16.6 Å². The van der Waals surface area contributed by atoms with Gasteiger partial charge in [-0.1, -0.05) is 12.1 Å². The summed E-state index contributed by atoms with van der Waals surface area (Å²) in [6.07, 6.45) is 0. The minimum absolute atomic E-state index is 0.173. The van der Waals surface area contributed by atoms with Crippen LogP contribution in [0.4, 0.5) is 5.69 Å². The van der Waals surface area contributed by atoms with Gasteiger partial charge in [-0.25, -0.2) is 17.9 Å². The van der Waals surface area contributed by atoms with Crippen LogP contribution in [-0.4, -0.2) is 14.5 Å². The van der Waals surface area contributed by atoms with Gasteiger partial charge in [0.1, 0.15) is 5.58 Å². The zero-order chi connectivity index (χ0) is 20.5. The fourth-order valence-corrected chi connectivity index (χ4v) is 4.25. The normalized spacial score (nSPS) is 11.9. The zero-order valence-electron chi connectivity index (χ0n) is 16.4. The van der Waals surface area contributed by atoms with E-state index in [1.54, 1.807) is 38.1 Å². The summed E-state index contributed by atoms with van der Waals surface area (Å²) in [7, 11) is -3.52. The number of anilines is 1. The van der Waals surface area contributed by atoms with Gasteiger partial charge in [0.05, 0.1) is 4.90 Å². The molecule has 2 N–H and O–H groups in total. The van der Waals surface area contributed by atoms with E-state index in [0.29, 0.717) is 12.1 Å². The summed E-state index contributed by atoms with van der Waals surface area (Å²) in [6, 6.07) is 11.8. The highest BCUT2D eigenvalue weighted by Gasteiger charge is 2.15. The Morgan fingerprint density at radius 2 is 1.71 bits per heavy atom. The lowest BCUT2D eigenvalue weighted by atomic mass is 10.0. The van der Waals surface area contributed by atoms with Gasteiger partial charge in [-0.15, -0.1) is 0 Å². The molecule has 0 aliphatic carbocycles. The molecule has 0 unspecified atom stereocenters. The van der Waals surface area contributed by atoms with E-state index in [2.05, 4.69) is 10.0 Å². The zero-order valence-corrected chi connectivity index (χ0v) is 17.2. The molecule has 1 aromatic heterocycles. The summed E-state index contributed by atoms with van der Waals surface area (Å²) < 4.78 is 32.3. The maximum absolute atomic E-state index is 12.2. The summed E-state index contributed by atoms with van der Waals surface area (Å²) in [5, 5.41) is 4.12. The Hall–Kier alpha value is -2.64. The SMILES string of the molecule is Cc1ccc2c(CNc3ccc(S(=O)(=O)NC(C)C)cc3)cc(=O)oc2c1C. The first kappa shape index (κ1) is 20.1. The van der Waals surface area contributed by atoms with E-state index in [-0.39, 0.29) is 16.6 Å². The minimum Gasteiger partial charge on any atom is -0.422 e. The predicted octanol–water partition coefficient (Wildman–Crippen LogP) is 3.71. The smallest absolute Gasteiger partial charge is 0.336 e. The van der Waals surface area contributed by atoms with Crippen molar-refractivity contribution in [3.8, 4) is 0 Å². The fourth-order valence-electron chi connectivity index (χ4n) is 3.00. The molecule has 0 aliphatic rings. The van der Waals surface area contributed by atoms with Crippen molar-refractivity contribution in [1.82, 2.24) is 4.72 Å². The lowest BCUT2D eigenvalue weighted by Crippen LogP contribution is -2.30. The molecule has 0 bridgehead atoms. The third-order valence-corrected chi connectivity index (χ3v) is 6.23. The first-order valence-electron chi connectivity index (χ1n) is 9.06. The molecule has 28 heavy (non-hydrogen) atoms. The maximum Gasteiger partial charge on any atom is 0.336 e. The lowest BCUT2D eigenvalue weighted by molar-refractivity contribution is 0.556. The van der Waals surface area contributed by atoms with Crippen LogP contribution in [0.15, 0.2) is 56.6 Å². The Morgan fingerprint density at radius 3 is 2.36 bits per heavy atom.